The second kappa shape index (κ2) is 9.35. The second-order valence-electron chi connectivity index (χ2n) is 8.63. The summed E-state index contributed by atoms with van der Waals surface area (Å²) in [5.41, 5.74) is 0. The topological polar surface area (TPSA) is 12.0 Å². The normalized spacial score (nSPS) is 33.6. The molecule has 1 nitrogen and oxygen atoms in total. The highest BCUT2D eigenvalue weighted by atomic mass is 14.9. The van der Waals surface area contributed by atoms with Gasteiger partial charge in [0, 0.05) is 0 Å². The molecule has 2 saturated carbocycles. The summed E-state index contributed by atoms with van der Waals surface area (Å²) in [5.74, 6) is 4.13. The smallest absolute Gasteiger partial charge is 0.129 e. The van der Waals surface area contributed by atoms with E-state index < -0.39 is 0 Å². The van der Waals surface area contributed by atoms with Crippen LogP contribution in [0.5, 0.6) is 0 Å². The van der Waals surface area contributed by atoms with E-state index in [1.54, 1.807) is 7.28 Å². The van der Waals surface area contributed by atoms with Crippen molar-refractivity contribution in [1.82, 2.24) is 5.32 Å². The van der Waals surface area contributed by atoms with Crippen LogP contribution in [-0.2, 0) is 0 Å². The highest BCUT2D eigenvalue weighted by molar-refractivity contribution is 6.40. The van der Waals surface area contributed by atoms with Crippen LogP contribution in [0.1, 0.15) is 89.9 Å². The van der Waals surface area contributed by atoms with Gasteiger partial charge < -0.3 is 5.32 Å². The van der Waals surface area contributed by atoms with Gasteiger partial charge in [-0.25, -0.2) is 0 Å². The van der Waals surface area contributed by atoms with E-state index in [-0.39, 0.29) is 0 Å². The van der Waals surface area contributed by atoms with Crippen molar-refractivity contribution < 1.29 is 0 Å². The van der Waals surface area contributed by atoms with Crippen molar-refractivity contribution in [2.24, 2.45) is 11.8 Å². The van der Waals surface area contributed by atoms with Crippen molar-refractivity contribution in [3.05, 3.63) is 0 Å². The van der Waals surface area contributed by atoms with Gasteiger partial charge in [0.15, 0.2) is 0 Å². The zero-order chi connectivity index (χ0) is 15.0. The molecule has 0 aromatic rings. The highest BCUT2D eigenvalue weighted by Crippen LogP contribution is 2.40. The molecule has 0 bridgehead atoms. The summed E-state index contributed by atoms with van der Waals surface area (Å²) in [7, 11) is 1.55. The Morgan fingerprint density at radius 3 is 1.77 bits per heavy atom. The molecule has 3 aliphatic rings. The van der Waals surface area contributed by atoms with Gasteiger partial charge in [0.05, 0.1) is 0 Å². The van der Waals surface area contributed by atoms with Gasteiger partial charge in [-0.2, -0.15) is 0 Å². The molecule has 22 heavy (non-hydrogen) atoms. The Balaban J connectivity index is 1.52. The van der Waals surface area contributed by atoms with Crippen LogP contribution in [0.15, 0.2) is 0 Å². The van der Waals surface area contributed by atoms with Gasteiger partial charge in [-0.3, -0.25) is 0 Å². The quantitative estimate of drug-likeness (QED) is 0.695. The maximum Gasteiger partial charge on any atom is 0.129 e. The predicted octanol–water partition coefficient (Wildman–Crippen LogP) is 5.32. The summed E-state index contributed by atoms with van der Waals surface area (Å²) in [6, 6.07) is 0. The monoisotopic (exact) mass is 303 g/mol. The van der Waals surface area contributed by atoms with Crippen molar-refractivity contribution in [2.45, 2.75) is 102 Å². The zero-order valence-corrected chi connectivity index (χ0v) is 14.8. The van der Waals surface area contributed by atoms with E-state index in [0.717, 1.165) is 23.5 Å². The Bertz CT molecular complexity index is 290. The zero-order valence-electron chi connectivity index (χ0n) is 14.8. The first-order valence-electron chi connectivity index (χ1n) is 10.6. The first kappa shape index (κ1) is 16.9. The molecular weight excluding hydrogens is 265 g/mol. The third-order valence-electron chi connectivity index (χ3n) is 7.01. The molecule has 3 rings (SSSR count). The van der Waals surface area contributed by atoms with Crippen molar-refractivity contribution in [3.63, 3.8) is 0 Å². The lowest BCUT2D eigenvalue weighted by molar-refractivity contribution is 0.279. The first-order chi connectivity index (χ1) is 10.9. The van der Waals surface area contributed by atoms with E-state index in [1.165, 1.54) is 103 Å². The van der Waals surface area contributed by atoms with Crippen molar-refractivity contribution in [3.8, 4) is 0 Å². The fourth-order valence-electron chi connectivity index (χ4n) is 5.68. The summed E-state index contributed by atoms with van der Waals surface area (Å²) in [6.07, 6.45) is 21.2. The van der Waals surface area contributed by atoms with Gasteiger partial charge in [0.2, 0.25) is 0 Å². The Kier molecular flexibility index (Phi) is 7.17. The molecule has 2 unspecified atom stereocenters. The van der Waals surface area contributed by atoms with Gasteiger partial charge in [-0.15, -0.1) is 0 Å². The third-order valence-corrected chi connectivity index (χ3v) is 7.01. The summed E-state index contributed by atoms with van der Waals surface area (Å²) < 4.78 is 0. The standard InChI is InChI=1S/C20H38BN/c1-3-7-11-17(12-8-4-1)19-15-22-16-20(19)21-18-13-9-5-2-6-10-14-18/h17-22H,1-16H2. The van der Waals surface area contributed by atoms with E-state index in [0.29, 0.717) is 0 Å². The van der Waals surface area contributed by atoms with Crippen LogP contribution in [0.25, 0.3) is 0 Å². The van der Waals surface area contributed by atoms with E-state index in [9.17, 15) is 0 Å². The van der Waals surface area contributed by atoms with Gasteiger partial charge in [-0.1, -0.05) is 95.7 Å². The maximum absolute atomic E-state index is 3.77. The van der Waals surface area contributed by atoms with Gasteiger partial charge in [-0.05, 0) is 30.7 Å². The van der Waals surface area contributed by atoms with Gasteiger partial charge >= 0.3 is 0 Å². The first-order valence-corrected chi connectivity index (χ1v) is 10.6. The van der Waals surface area contributed by atoms with Crippen LogP contribution in [0.4, 0.5) is 0 Å². The summed E-state index contributed by atoms with van der Waals surface area (Å²) in [6.45, 7) is 2.67. The molecule has 1 heterocycles. The van der Waals surface area contributed by atoms with Crippen LogP contribution in [0.3, 0.4) is 0 Å². The Morgan fingerprint density at radius 2 is 1.14 bits per heavy atom. The molecule has 1 N–H and O–H groups in total. The maximum atomic E-state index is 3.77. The van der Waals surface area contributed by atoms with Crippen LogP contribution in [-0.4, -0.2) is 20.4 Å². The minimum absolute atomic E-state index is 1.01. The summed E-state index contributed by atoms with van der Waals surface area (Å²) in [5, 5.41) is 3.77. The largest absolute Gasteiger partial charge is 0.317 e. The molecular formula is C20H38BN. The molecule has 2 aliphatic carbocycles. The molecule has 0 radical (unpaired) electrons. The molecule has 126 valence electrons. The van der Waals surface area contributed by atoms with Crippen molar-refractivity contribution in [1.29, 1.82) is 0 Å². The fraction of sp³-hybridized carbons (Fsp3) is 1.00. The SMILES string of the molecule is B(C1CCCCCCC1)C1CNCC1C1CCCCCCC1. The lowest BCUT2D eigenvalue weighted by Gasteiger charge is -2.31. The van der Waals surface area contributed by atoms with Crippen LogP contribution >= 0.6 is 0 Å². The molecule has 2 heteroatoms. The lowest BCUT2D eigenvalue weighted by atomic mass is 9.48. The number of hydrogen-bond acceptors (Lipinski definition) is 1. The minimum Gasteiger partial charge on any atom is -0.317 e. The lowest BCUT2D eigenvalue weighted by Crippen LogP contribution is -2.25. The molecule has 0 aromatic carbocycles. The van der Waals surface area contributed by atoms with Gasteiger partial charge in [0.1, 0.15) is 7.28 Å². The molecule has 3 fully saturated rings. The summed E-state index contributed by atoms with van der Waals surface area (Å²) in [4.78, 5) is 0. The average molecular weight is 303 g/mol. The molecule has 0 spiro atoms. The molecule has 1 aliphatic heterocycles. The van der Waals surface area contributed by atoms with E-state index in [2.05, 4.69) is 5.32 Å². The van der Waals surface area contributed by atoms with Crippen LogP contribution in [0, 0.1) is 11.8 Å². The van der Waals surface area contributed by atoms with Crippen molar-refractivity contribution in [2.75, 3.05) is 13.1 Å². The van der Waals surface area contributed by atoms with E-state index >= 15 is 0 Å². The highest BCUT2D eigenvalue weighted by Gasteiger charge is 2.35. The Morgan fingerprint density at radius 1 is 0.591 bits per heavy atom. The fourth-order valence-corrected chi connectivity index (χ4v) is 5.68. The van der Waals surface area contributed by atoms with E-state index in [1.807, 2.05) is 0 Å². The number of rotatable bonds is 3. The van der Waals surface area contributed by atoms with Crippen molar-refractivity contribution >= 4 is 7.28 Å². The molecule has 1 saturated heterocycles. The average Bonchev–Trinajstić information content (AvgIpc) is 2.89. The number of hydrogen-bond donors (Lipinski definition) is 1. The van der Waals surface area contributed by atoms with E-state index in [4.69, 9.17) is 0 Å². The predicted molar refractivity (Wildman–Crippen MR) is 99.1 cm³/mol. The molecule has 2 atom stereocenters. The Hall–Kier alpha value is 0.0249. The number of nitrogens with one attached hydrogen (secondary N) is 1. The third kappa shape index (κ3) is 5.01. The molecule has 0 aromatic heterocycles. The van der Waals surface area contributed by atoms with Crippen LogP contribution < -0.4 is 5.32 Å². The Labute approximate surface area is 139 Å². The minimum atomic E-state index is 1.01. The molecule has 0 amide bonds. The second-order valence-corrected chi connectivity index (χ2v) is 8.63. The summed E-state index contributed by atoms with van der Waals surface area (Å²) >= 11 is 0. The van der Waals surface area contributed by atoms with Gasteiger partial charge in [0.25, 0.3) is 0 Å². The van der Waals surface area contributed by atoms with Crippen LogP contribution in [0.2, 0.25) is 11.6 Å².